The molecule has 0 radical (unpaired) electrons. The van der Waals surface area contributed by atoms with Crippen molar-refractivity contribution in [2.45, 2.75) is 13.0 Å². The molecule has 1 aliphatic carbocycles. The van der Waals surface area contributed by atoms with Crippen molar-refractivity contribution in [2.24, 2.45) is 0 Å². The molecule has 0 saturated carbocycles. The SMILES string of the molecule is O=C(CNc1ccc2c(c1)Cc1ccccc1-2)Nc1ccc(OC(F)F)cc1. The fraction of sp³-hybridized carbons (Fsp3) is 0.136. The first-order valence-electron chi connectivity index (χ1n) is 8.88. The monoisotopic (exact) mass is 380 g/mol. The summed E-state index contributed by atoms with van der Waals surface area (Å²) in [5.74, 6) is -0.184. The highest BCUT2D eigenvalue weighted by Gasteiger charge is 2.17. The molecule has 142 valence electrons. The Morgan fingerprint density at radius 1 is 0.929 bits per heavy atom. The fourth-order valence-corrected chi connectivity index (χ4v) is 3.36. The van der Waals surface area contributed by atoms with Crippen molar-refractivity contribution < 1.29 is 18.3 Å². The number of fused-ring (bicyclic) bond motifs is 3. The van der Waals surface area contributed by atoms with E-state index >= 15 is 0 Å². The zero-order chi connectivity index (χ0) is 19.5. The number of carbonyl (C=O) groups excluding carboxylic acids is 1. The van der Waals surface area contributed by atoms with Crippen molar-refractivity contribution >= 4 is 17.3 Å². The van der Waals surface area contributed by atoms with E-state index in [0.717, 1.165) is 12.1 Å². The van der Waals surface area contributed by atoms with Crippen molar-refractivity contribution in [3.63, 3.8) is 0 Å². The van der Waals surface area contributed by atoms with Gasteiger partial charge in [-0.05, 0) is 65.1 Å². The molecule has 2 N–H and O–H groups in total. The third-order valence-corrected chi connectivity index (χ3v) is 4.61. The van der Waals surface area contributed by atoms with E-state index in [1.165, 1.54) is 46.5 Å². The summed E-state index contributed by atoms with van der Waals surface area (Å²) in [4.78, 5) is 12.1. The molecule has 0 fully saturated rings. The average Bonchev–Trinajstić information content (AvgIpc) is 3.05. The van der Waals surface area contributed by atoms with Gasteiger partial charge in [-0.1, -0.05) is 30.3 Å². The summed E-state index contributed by atoms with van der Waals surface area (Å²) >= 11 is 0. The van der Waals surface area contributed by atoms with E-state index in [4.69, 9.17) is 0 Å². The molecule has 1 amide bonds. The highest BCUT2D eigenvalue weighted by molar-refractivity contribution is 5.94. The first-order chi connectivity index (χ1) is 13.6. The second-order valence-electron chi connectivity index (χ2n) is 6.51. The minimum atomic E-state index is -2.87. The van der Waals surface area contributed by atoms with Crippen LogP contribution in [0, 0.1) is 0 Å². The number of halogens is 2. The van der Waals surface area contributed by atoms with Gasteiger partial charge in [0.25, 0.3) is 0 Å². The van der Waals surface area contributed by atoms with Crippen LogP contribution < -0.4 is 15.4 Å². The zero-order valence-electron chi connectivity index (χ0n) is 14.9. The molecule has 0 atom stereocenters. The van der Waals surface area contributed by atoms with E-state index in [0.29, 0.717) is 5.69 Å². The molecule has 1 aliphatic rings. The Kier molecular flexibility index (Phi) is 4.93. The minimum Gasteiger partial charge on any atom is -0.435 e. The van der Waals surface area contributed by atoms with E-state index in [9.17, 15) is 13.6 Å². The topological polar surface area (TPSA) is 50.4 Å². The number of hydrogen-bond donors (Lipinski definition) is 2. The van der Waals surface area contributed by atoms with E-state index in [-0.39, 0.29) is 18.2 Å². The maximum Gasteiger partial charge on any atom is 0.387 e. The van der Waals surface area contributed by atoms with Gasteiger partial charge in [-0.15, -0.1) is 0 Å². The number of ether oxygens (including phenoxy) is 1. The van der Waals surface area contributed by atoms with Crippen molar-refractivity contribution in [3.05, 3.63) is 77.9 Å². The molecule has 0 aliphatic heterocycles. The van der Waals surface area contributed by atoms with Crippen LogP contribution in [0.15, 0.2) is 66.7 Å². The lowest BCUT2D eigenvalue weighted by Crippen LogP contribution is -2.21. The molecular formula is C22H18F2N2O2. The second kappa shape index (κ2) is 7.68. The van der Waals surface area contributed by atoms with Crippen LogP contribution >= 0.6 is 0 Å². The molecule has 0 saturated heterocycles. The highest BCUT2D eigenvalue weighted by Crippen LogP contribution is 2.37. The predicted molar refractivity (Wildman–Crippen MR) is 105 cm³/mol. The first kappa shape index (κ1) is 18.0. The lowest BCUT2D eigenvalue weighted by Gasteiger charge is -2.10. The quantitative estimate of drug-likeness (QED) is 0.500. The van der Waals surface area contributed by atoms with Gasteiger partial charge in [-0.2, -0.15) is 8.78 Å². The summed E-state index contributed by atoms with van der Waals surface area (Å²) in [5, 5.41) is 5.84. The number of amides is 1. The van der Waals surface area contributed by atoms with Crippen molar-refractivity contribution in [2.75, 3.05) is 17.2 Å². The van der Waals surface area contributed by atoms with Crippen LogP contribution in [-0.4, -0.2) is 19.1 Å². The molecule has 28 heavy (non-hydrogen) atoms. The molecule has 3 aromatic carbocycles. The smallest absolute Gasteiger partial charge is 0.387 e. The largest absolute Gasteiger partial charge is 0.435 e. The number of anilines is 2. The Hall–Kier alpha value is -3.41. The fourth-order valence-electron chi connectivity index (χ4n) is 3.36. The molecule has 4 rings (SSSR count). The minimum absolute atomic E-state index is 0.0465. The van der Waals surface area contributed by atoms with Crippen LogP contribution in [-0.2, 0) is 11.2 Å². The molecule has 0 aromatic heterocycles. The summed E-state index contributed by atoms with van der Waals surface area (Å²) in [6, 6.07) is 20.2. The first-order valence-corrected chi connectivity index (χ1v) is 8.88. The summed E-state index contributed by atoms with van der Waals surface area (Å²) in [5.41, 5.74) is 6.44. The van der Waals surface area contributed by atoms with Gasteiger partial charge in [0.15, 0.2) is 0 Å². The Bertz CT molecular complexity index is 1000. The van der Waals surface area contributed by atoms with E-state index in [1.54, 1.807) is 0 Å². The standard InChI is InChI=1S/C22H18F2N2O2/c23-22(24)28-18-8-5-16(6-9-18)26-21(27)13-25-17-7-10-20-15(12-17)11-14-3-1-2-4-19(14)20/h1-10,12,22,25H,11,13H2,(H,26,27). The molecule has 0 spiro atoms. The Morgan fingerprint density at radius 2 is 1.64 bits per heavy atom. The Balaban J connectivity index is 1.34. The Labute approximate surface area is 161 Å². The van der Waals surface area contributed by atoms with Crippen LogP contribution in [0.25, 0.3) is 11.1 Å². The number of carbonyl (C=O) groups is 1. The lowest BCUT2D eigenvalue weighted by molar-refractivity contribution is -0.114. The number of rotatable bonds is 6. The van der Waals surface area contributed by atoms with Gasteiger partial charge in [-0.25, -0.2) is 0 Å². The number of nitrogens with one attached hydrogen (secondary N) is 2. The van der Waals surface area contributed by atoms with Crippen LogP contribution in [0.5, 0.6) is 5.75 Å². The van der Waals surface area contributed by atoms with Crippen LogP contribution in [0.1, 0.15) is 11.1 Å². The number of alkyl halides is 2. The molecule has 0 bridgehead atoms. The van der Waals surface area contributed by atoms with Crippen LogP contribution in [0.4, 0.5) is 20.2 Å². The summed E-state index contributed by atoms with van der Waals surface area (Å²) in [6.45, 7) is -2.77. The summed E-state index contributed by atoms with van der Waals surface area (Å²) < 4.78 is 28.6. The molecule has 4 nitrogen and oxygen atoms in total. The molecule has 6 heteroatoms. The van der Waals surface area contributed by atoms with Gasteiger partial charge in [-0.3, -0.25) is 4.79 Å². The Morgan fingerprint density at radius 3 is 2.43 bits per heavy atom. The van der Waals surface area contributed by atoms with Crippen molar-refractivity contribution in [1.29, 1.82) is 0 Å². The van der Waals surface area contributed by atoms with Gasteiger partial charge in [0, 0.05) is 11.4 Å². The lowest BCUT2D eigenvalue weighted by atomic mass is 10.1. The van der Waals surface area contributed by atoms with Gasteiger partial charge >= 0.3 is 6.61 Å². The second-order valence-corrected chi connectivity index (χ2v) is 6.51. The third kappa shape index (κ3) is 3.96. The van der Waals surface area contributed by atoms with Crippen molar-refractivity contribution in [1.82, 2.24) is 0 Å². The molecular weight excluding hydrogens is 362 g/mol. The summed E-state index contributed by atoms with van der Waals surface area (Å²) in [7, 11) is 0. The van der Waals surface area contributed by atoms with Crippen molar-refractivity contribution in [3.8, 4) is 16.9 Å². The highest BCUT2D eigenvalue weighted by atomic mass is 19.3. The zero-order valence-corrected chi connectivity index (χ0v) is 14.9. The normalized spacial score (nSPS) is 11.7. The van der Waals surface area contributed by atoms with Crippen LogP contribution in [0.3, 0.4) is 0 Å². The van der Waals surface area contributed by atoms with Gasteiger partial charge < -0.3 is 15.4 Å². The van der Waals surface area contributed by atoms with Gasteiger partial charge in [0.1, 0.15) is 5.75 Å². The van der Waals surface area contributed by atoms with Gasteiger partial charge in [0.05, 0.1) is 6.54 Å². The maximum absolute atomic E-state index is 12.2. The number of benzene rings is 3. The molecule has 3 aromatic rings. The third-order valence-electron chi connectivity index (χ3n) is 4.61. The predicted octanol–water partition coefficient (Wildman–Crippen LogP) is 4.91. The van der Waals surface area contributed by atoms with Gasteiger partial charge in [0.2, 0.25) is 5.91 Å². The van der Waals surface area contributed by atoms with E-state index in [2.05, 4.69) is 39.6 Å². The van der Waals surface area contributed by atoms with E-state index in [1.807, 2.05) is 18.2 Å². The molecule has 0 heterocycles. The van der Waals surface area contributed by atoms with Crippen LogP contribution in [0.2, 0.25) is 0 Å². The summed E-state index contributed by atoms with van der Waals surface area (Å²) in [6.07, 6.45) is 0.889. The average molecular weight is 380 g/mol. The van der Waals surface area contributed by atoms with E-state index < -0.39 is 6.61 Å². The number of hydrogen-bond acceptors (Lipinski definition) is 3. The molecule has 0 unspecified atom stereocenters. The maximum atomic E-state index is 12.2.